The fraction of sp³-hybridized carbons (Fsp3) is 0.118. The van der Waals surface area contributed by atoms with E-state index in [1.165, 1.54) is 6.92 Å². The average molecular weight is 295 g/mol. The third-order valence-corrected chi connectivity index (χ3v) is 3.71. The van der Waals surface area contributed by atoms with Crippen molar-refractivity contribution in [2.75, 3.05) is 0 Å². The molecule has 0 radical (unpaired) electrons. The molecule has 5 heteroatoms. The number of ketones is 1. The number of benzene rings is 2. The molecule has 2 N–H and O–H groups in total. The summed E-state index contributed by atoms with van der Waals surface area (Å²) in [5, 5.41) is 11.3. The number of carboxylic acids is 1. The predicted octanol–water partition coefficient (Wildman–Crippen LogP) is 2.10. The normalized spacial score (nSPS) is 13.2. The lowest BCUT2D eigenvalue weighted by Gasteiger charge is -2.12. The Morgan fingerprint density at radius 2 is 1.64 bits per heavy atom. The monoisotopic (exact) mass is 295 g/mol. The highest BCUT2D eigenvalue weighted by molar-refractivity contribution is 6.24. The van der Waals surface area contributed by atoms with E-state index in [-0.39, 0.29) is 5.78 Å². The molecule has 1 atom stereocenters. The standard InChI is InChI=1S/C17H13NO4/c1-9(17(21)22)18-16(20)13-8-4-7-12-14(13)10-5-2-3-6-11(10)15(12)19/h2-9H,1H3,(H,18,20)(H,21,22)/t9-/m0/s1. The predicted molar refractivity (Wildman–Crippen MR) is 79.9 cm³/mol. The summed E-state index contributed by atoms with van der Waals surface area (Å²) in [7, 11) is 0. The van der Waals surface area contributed by atoms with Crippen LogP contribution in [0.4, 0.5) is 0 Å². The van der Waals surface area contributed by atoms with Crippen molar-refractivity contribution in [1.82, 2.24) is 5.32 Å². The van der Waals surface area contributed by atoms with Gasteiger partial charge in [-0.2, -0.15) is 0 Å². The summed E-state index contributed by atoms with van der Waals surface area (Å²) in [6.45, 7) is 1.39. The van der Waals surface area contributed by atoms with Gasteiger partial charge in [0.15, 0.2) is 5.78 Å². The van der Waals surface area contributed by atoms with E-state index < -0.39 is 17.9 Å². The smallest absolute Gasteiger partial charge is 0.325 e. The number of nitrogens with one attached hydrogen (secondary N) is 1. The zero-order chi connectivity index (χ0) is 15.9. The van der Waals surface area contributed by atoms with E-state index >= 15 is 0 Å². The summed E-state index contributed by atoms with van der Waals surface area (Å²) in [6, 6.07) is 11.0. The van der Waals surface area contributed by atoms with E-state index in [0.29, 0.717) is 27.8 Å². The van der Waals surface area contributed by atoms with Crippen molar-refractivity contribution in [3.8, 4) is 11.1 Å². The van der Waals surface area contributed by atoms with Gasteiger partial charge in [-0.15, -0.1) is 0 Å². The molecule has 1 amide bonds. The van der Waals surface area contributed by atoms with E-state index in [1.54, 1.807) is 42.5 Å². The lowest BCUT2D eigenvalue weighted by Crippen LogP contribution is -2.38. The van der Waals surface area contributed by atoms with Crippen LogP contribution in [0.15, 0.2) is 42.5 Å². The van der Waals surface area contributed by atoms with Gasteiger partial charge in [0, 0.05) is 22.3 Å². The van der Waals surface area contributed by atoms with Crippen LogP contribution in [0.25, 0.3) is 11.1 Å². The Labute approximate surface area is 126 Å². The second-order valence-electron chi connectivity index (χ2n) is 5.14. The summed E-state index contributed by atoms with van der Waals surface area (Å²) in [5.74, 6) is -1.74. The van der Waals surface area contributed by atoms with E-state index in [4.69, 9.17) is 5.11 Å². The molecule has 1 aliphatic carbocycles. The number of hydrogen-bond acceptors (Lipinski definition) is 3. The molecule has 0 saturated heterocycles. The van der Waals surface area contributed by atoms with Gasteiger partial charge in [0.1, 0.15) is 6.04 Å². The first-order chi connectivity index (χ1) is 10.5. The molecule has 0 spiro atoms. The van der Waals surface area contributed by atoms with Gasteiger partial charge in [0.25, 0.3) is 5.91 Å². The number of amides is 1. The molecule has 1 aliphatic rings. The zero-order valence-corrected chi connectivity index (χ0v) is 11.8. The van der Waals surface area contributed by atoms with Crippen molar-refractivity contribution in [2.24, 2.45) is 0 Å². The highest BCUT2D eigenvalue weighted by Crippen LogP contribution is 2.38. The van der Waals surface area contributed by atoms with Crippen LogP contribution in [-0.2, 0) is 4.79 Å². The van der Waals surface area contributed by atoms with Crippen LogP contribution in [0.3, 0.4) is 0 Å². The van der Waals surface area contributed by atoms with Gasteiger partial charge < -0.3 is 10.4 Å². The van der Waals surface area contributed by atoms with Crippen molar-refractivity contribution < 1.29 is 19.5 Å². The maximum absolute atomic E-state index is 12.4. The first-order valence-corrected chi connectivity index (χ1v) is 6.81. The SMILES string of the molecule is C[C@H](NC(=O)c1cccc2c1-c1ccccc1C2=O)C(=O)O. The third kappa shape index (κ3) is 2.07. The molecule has 0 aliphatic heterocycles. The Balaban J connectivity index is 2.09. The number of fused-ring (bicyclic) bond motifs is 3. The Bertz CT molecular complexity index is 810. The molecule has 0 bridgehead atoms. The molecule has 2 aromatic carbocycles. The van der Waals surface area contributed by atoms with Gasteiger partial charge in [-0.1, -0.05) is 36.4 Å². The minimum atomic E-state index is -1.11. The maximum atomic E-state index is 12.4. The van der Waals surface area contributed by atoms with E-state index in [0.717, 1.165) is 0 Å². The molecule has 22 heavy (non-hydrogen) atoms. The van der Waals surface area contributed by atoms with Gasteiger partial charge in [-0.3, -0.25) is 14.4 Å². The lowest BCUT2D eigenvalue weighted by molar-refractivity contribution is -0.138. The van der Waals surface area contributed by atoms with Crippen LogP contribution in [0.5, 0.6) is 0 Å². The second kappa shape index (κ2) is 5.11. The molecular formula is C17H13NO4. The lowest BCUT2D eigenvalue weighted by atomic mass is 9.99. The van der Waals surface area contributed by atoms with Crippen molar-refractivity contribution >= 4 is 17.7 Å². The highest BCUT2D eigenvalue weighted by Gasteiger charge is 2.30. The third-order valence-electron chi connectivity index (χ3n) is 3.71. The summed E-state index contributed by atoms with van der Waals surface area (Å²) in [5.41, 5.74) is 2.61. The van der Waals surface area contributed by atoms with Crippen molar-refractivity contribution in [3.63, 3.8) is 0 Å². The molecule has 0 saturated carbocycles. The summed E-state index contributed by atoms with van der Waals surface area (Å²) >= 11 is 0. The molecule has 110 valence electrons. The van der Waals surface area contributed by atoms with Crippen molar-refractivity contribution in [3.05, 3.63) is 59.2 Å². The van der Waals surface area contributed by atoms with Crippen LogP contribution in [-0.4, -0.2) is 28.8 Å². The van der Waals surface area contributed by atoms with Gasteiger partial charge in [0.05, 0.1) is 0 Å². The van der Waals surface area contributed by atoms with Crippen LogP contribution in [0.1, 0.15) is 33.2 Å². The number of carbonyl (C=O) groups is 3. The fourth-order valence-electron chi connectivity index (χ4n) is 2.60. The molecule has 0 heterocycles. The number of aliphatic carboxylic acids is 1. The van der Waals surface area contributed by atoms with Crippen molar-refractivity contribution in [1.29, 1.82) is 0 Å². The number of carboxylic acid groups (broad SMARTS) is 1. The van der Waals surface area contributed by atoms with Gasteiger partial charge in [0.2, 0.25) is 0 Å². The van der Waals surface area contributed by atoms with E-state index in [1.807, 2.05) is 0 Å². The molecule has 2 aromatic rings. The van der Waals surface area contributed by atoms with Gasteiger partial charge in [-0.05, 0) is 18.6 Å². The minimum Gasteiger partial charge on any atom is -0.480 e. The summed E-state index contributed by atoms with van der Waals surface area (Å²) in [4.78, 5) is 35.6. The molecule has 5 nitrogen and oxygen atoms in total. The first kappa shape index (κ1) is 14.0. The first-order valence-electron chi connectivity index (χ1n) is 6.81. The molecule has 0 fully saturated rings. The average Bonchev–Trinajstić information content (AvgIpc) is 2.81. The Morgan fingerprint density at radius 3 is 2.32 bits per heavy atom. The van der Waals surface area contributed by atoms with Crippen LogP contribution in [0.2, 0.25) is 0 Å². The highest BCUT2D eigenvalue weighted by atomic mass is 16.4. The van der Waals surface area contributed by atoms with E-state index in [2.05, 4.69) is 5.32 Å². The zero-order valence-electron chi connectivity index (χ0n) is 11.8. The molecular weight excluding hydrogens is 282 g/mol. The Kier molecular flexibility index (Phi) is 3.25. The quantitative estimate of drug-likeness (QED) is 0.775. The largest absolute Gasteiger partial charge is 0.480 e. The number of carbonyl (C=O) groups excluding carboxylic acids is 2. The second-order valence-corrected chi connectivity index (χ2v) is 5.14. The Hall–Kier alpha value is -2.95. The molecule has 0 aromatic heterocycles. The maximum Gasteiger partial charge on any atom is 0.325 e. The van der Waals surface area contributed by atoms with Crippen LogP contribution >= 0.6 is 0 Å². The van der Waals surface area contributed by atoms with Crippen molar-refractivity contribution in [2.45, 2.75) is 13.0 Å². The van der Waals surface area contributed by atoms with Crippen LogP contribution < -0.4 is 5.32 Å². The number of rotatable bonds is 3. The Morgan fingerprint density at radius 1 is 1.00 bits per heavy atom. The molecule has 0 unspecified atom stereocenters. The van der Waals surface area contributed by atoms with Crippen LogP contribution in [0, 0.1) is 0 Å². The summed E-state index contributed by atoms with van der Waals surface area (Å²) in [6.07, 6.45) is 0. The molecule has 3 rings (SSSR count). The fourth-order valence-corrected chi connectivity index (χ4v) is 2.60. The minimum absolute atomic E-state index is 0.119. The van der Waals surface area contributed by atoms with E-state index in [9.17, 15) is 14.4 Å². The number of hydrogen-bond donors (Lipinski definition) is 2. The van der Waals surface area contributed by atoms with Gasteiger partial charge >= 0.3 is 5.97 Å². The summed E-state index contributed by atoms with van der Waals surface area (Å²) < 4.78 is 0. The topological polar surface area (TPSA) is 83.5 Å². The van der Waals surface area contributed by atoms with Gasteiger partial charge in [-0.25, -0.2) is 0 Å².